The molecule has 0 aromatic rings. The average Bonchev–Trinajstić information content (AvgIpc) is 1.97. The van der Waals surface area contributed by atoms with Crippen LogP contribution in [-0.4, -0.2) is 35.7 Å². The molecule has 0 amide bonds. The van der Waals surface area contributed by atoms with Crippen molar-refractivity contribution in [2.75, 3.05) is 6.54 Å². The zero-order valence-corrected chi connectivity index (χ0v) is 10.7. The third-order valence-corrected chi connectivity index (χ3v) is 2.43. The molecule has 0 aromatic heterocycles. The molecule has 0 aliphatic heterocycles. The van der Waals surface area contributed by atoms with Crippen LogP contribution < -0.4 is 5.73 Å². The van der Waals surface area contributed by atoms with Crippen LogP contribution in [0.4, 0.5) is 13.2 Å². The smallest absolute Gasteiger partial charge is 0.326 e. The first-order valence-electron chi connectivity index (χ1n) is 5.65. The summed E-state index contributed by atoms with van der Waals surface area (Å²) in [7, 11) is 0. The molecule has 0 heterocycles. The van der Waals surface area contributed by atoms with Gasteiger partial charge in [-0.2, -0.15) is 13.2 Å². The summed E-state index contributed by atoms with van der Waals surface area (Å²) in [5.74, 6) is 0.186. The summed E-state index contributed by atoms with van der Waals surface area (Å²) in [5.41, 5.74) is 5.48. The molecule has 0 aliphatic rings. The second kappa shape index (κ2) is 5.87. The molecule has 2 N–H and O–H groups in total. The highest BCUT2D eigenvalue weighted by Crippen LogP contribution is 2.28. The monoisotopic (exact) mass is 240 g/mol. The van der Waals surface area contributed by atoms with Gasteiger partial charge in [0.2, 0.25) is 0 Å². The summed E-state index contributed by atoms with van der Waals surface area (Å²) in [5, 5.41) is 0. The van der Waals surface area contributed by atoms with Gasteiger partial charge in [0.15, 0.2) is 0 Å². The number of hydrogen-bond donors (Lipinski definition) is 1. The van der Waals surface area contributed by atoms with E-state index in [9.17, 15) is 13.2 Å². The zero-order chi connectivity index (χ0) is 13.1. The first kappa shape index (κ1) is 15.7. The molecule has 0 aromatic carbocycles. The Hall–Kier alpha value is -0.290. The lowest BCUT2D eigenvalue weighted by Gasteiger charge is -2.39. The largest absolute Gasteiger partial charge is 0.405 e. The van der Waals surface area contributed by atoms with Gasteiger partial charge in [-0.15, -0.1) is 0 Å². The topological polar surface area (TPSA) is 29.3 Å². The van der Waals surface area contributed by atoms with Crippen LogP contribution >= 0.6 is 0 Å². The van der Waals surface area contributed by atoms with E-state index in [1.165, 1.54) is 11.8 Å². The van der Waals surface area contributed by atoms with Crippen LogP contribution in [0.15, 0.2) is 0 Å². The zero-order valence-electron chi connectivity index (χ0n) is 10.7. The lowest BCUT2D eigenvalue weighted by molar-refractivity contribution is -0.194. The van der Waals surface area contributed by atoms with Gasteiger partial charge < -0.3 is 5.73 Å². The average molecular weight is 240 g/mol. The molecule has 0 bridgehead atoms. The van der Waals surface area contributed by atoms with Gasteiger partial charge in [0.05, 0.1) is 0 Å². The van der Waals surface area contributed by atoms with Crippen LogP contribution in [0.25, 0.3) is 0 Å². The van der Waals surface area contributed by atoms with Gasteiger partial charge in [0.25, 0.3) is 0 Å². The van der Waals surface area contributed by atoms with Crippen molar-refractivity contribution in [1.29, 1.82) is 0 Å². The molecule has 5 heteroatoms. The maximum absolute atomic E-state index is 12.9. The first-order chi connectivity index (χ1) is 7.07. The second-order valence-electron chi connectivity index (χ2n) is 5.03. The van der Waals surface area contributed by atoms with Crippen LogP contribution in [0.5, 0.6) is 0 Å². The maximum Gasteiger partial charge on any atom is 0.405 e. The summed E-state index contributed by atoms with van der Waals surface area (Å²) in [6, 6.07) is -2.64. The van der Waals surface area contributed by atoms with Gasteiger partial charge in [-0.1, -0.05) is 13.8 Å². The third kappa shape index (κ3) is 4.70. The first-order valence-corrected chi connectivity index (χ1v) is 5.65. The Labute approximate surface area is 96.0 Å². The lowest BCUT2D eigenvalue weighted by Crippen LogP contribution is -2.58. The van der Waals surface area contributed by atoms with Crippen LogP contribution in [0.2, 0.25) is 0 Å². The van der Waals surface area contributed by atoms with E-state index >= 15 is 0 Å². The van der Waals surface area contributed by atoms with Gasteiger partial charge >= 0.3 is 6.18 Å². The molecule has 16 heavy (non-hydrogen) atoms. The quantitative estimate of drug-likeness (QED) is 0.800. The number of halogens is 3. The van der Waals surface area contributed by atoms with Crippen molar-refractivity contribution in [3.05, 3.63) is 0 Å². The lowest BCUT2D eigenvalue weighted by atomic mass is 10.0. The Morgan fingerprint density at radius 3 is 1.69 bits per heavy atom. The molecular formula is C11H23F3N2. The predicted octanol–water partition coefficient (Wildman–Crippen LogP) is 2.63. The number of nitrogens with two attached hydrogens (primary N) is 1. The van der Waals surface area contributed by atoms with Gasteiger partial charge in [-0.25, -0.2) is 0 Å². The fourth-order valence-corrected chi connectivity index (χ4v) is 1.86. The van der Waals surface area contributed by atoms with Gasteiger partial charge in [0.1, 0.15) is 6.04 Å². The van der Waals surface area contributed by atoms with Crippen molar-refractivity contribution in [3.8, 4) is 0 Å². The van der Waals surface area contributed by atoms with Crippen LogP contribution in [0, 0.1) is 5.92 Å². The highest BCUT2D eigenvalue weighted by atomic mass is 19.4. The van der Waals surface area contributed by atoms with E-state index in [0.717, 1.165) is 0 Å². The van der Waals surface area contributed by atoms with Gasteiger partial charge in [-0.05, 0) is 26.7 Å². The van der Waals surface area contributed by atoms with Crippen LogP contribution in [-0.2, 0) is 0 Å². The van der Waals surface area contributed by atoms with Crippen molar-refractivity contribution in [1.82, 2.24) is 4.90 Å². The molecule has 98 valence electrons. The third-order valence-electron chi connectivity index (χ3n) is 2.43. The number of hydrogen-bond acceptors (Lipinski definition) is 2. The summed E-state index contributed by atoms with van der Waals surface area (Å²) in [6.07, 6.45) is -4.27. The summed E-state index contributed by atoms with van der Waals surface area (Å²) in [6.45, 7) is 9.16. The summed E-state index contributed by atoms with van der Waals surface area (Å²) < 4.78 is 38.7. The fraction of sp³-hybridized carbons (Fsp3) is 1.00. The Balaban J connectivity index is 4.96. The molecule has 0 aliphatic carbocycles. The summed E-state index contributed by atoms with van der Waals surface area (Å²) in [4.78, 5) is 1.44. The molecule has 0 rings (SSSR count). The van der Waals surface area contributed by atoms with Crippen molar-refractivity contribution < 1.29 is 13.2 Å². The van der Waals surface area contributed by atoms with Crippen molar-refractivity contribution in [2.45, 2.75) is 58.9 Å². The molecule has 2 unspecified atom stereocenters. The predicted molar refractivity (Wildman–Crippen MR) is 60.2 cm³/mol. The Morgan fingerprint density at radius 2 is 1.50 bits per heavy atom. The number of rotatable bonds is 5. The van der Waals surface area contributed by atoms with E-state index in [1.807, 2.05) is 13.8 Å². The minimum Gasteiger partial charge on any atom is -0.326 e. The Bertz CT molecular complexity index is 200. The van der Waals surface area contributed by atoms with E-state index < -0.39 is 18.3 Å². The minimum absolute atomic E-state index is 0.167. The number of alkyl halides is 3. The van der Waals surface area contributed by atoms with Gasteiger partial charge in [0, 0.05) is 18.6 Å². The van der Waals surface area contributed by atoms with Crippen LogP contribution in [0.1, 0.15) is 34.6 Å². The molecule has 2 atom stereocenters. The SMILES string of the molecule is CC(C)CN(C(C)C)C(C(C)N)C(F)(F)F. The Morgan fingerprint density at radius 1 is 1.06 bits per heavy atom. The molecule has 0 saturated heterocycles. The molecule has 0 saturated carbocycles. The van der Waals surface area contributed by atoms with E-state index in [-0.39, 0.29) is 12.0 Å². The fourth-order valence-electron chi connectivity index (χ4n) is 1.86. The minimum atomic E-state index is -4.27. The second-order valence-corrected chi connectivity index (χ2v) is 5.03. The highest BCUT2D eigenvalue weighted by molar-refractivity contribution is 4.87. The van der Waals surface area contributed by atoms with E-state index in [4.69, 9.17) is 5.73 Å². The molecule has 0 radical (unpaired) electrons. The molecule has 2 nitrogen and oxygen atoms in total. The molecule has 0 spiro atoms. The standard InChI is InChI=1S/C11H23F3N2/c1-7(2)6-16(8(3)4)10(9(5)15)11(12,13)14/h7-10H,6,15H2,1-5H3. The molecule has 0 fully saturated rings. The molecular weight excluding hydrogens is 217 g/mol. The van der Waals surface area contributed by atoms with E-state index in [1.54, 1.807) is 13.8 Å². The maximum atomic E-state index is 12.9. The summed E-state index contributed by atoms with van der Waals surface area (Å²) >= 11 is 0. The van der Waals surface area contributed by atoms with Crippen LogP contribution in [0.3, 0.4) is 0 Å². The normalized spacial score (nSPS) is 17.2. The highest BCUT2D eigenvalue weighted by Gasteiger charge is 2.46. The van der Waals surface area contributed by atoms with Crippen molar-refractivity contribution >= 4 is 0 Å². The van der Waals surface area contributed by atoms with E-state index in [0.29, 0.717) is 6.54 Å². The van der Waals surface area contributed by atoms with E-state index in [2.05, 4.69) is 0 Å². The number of nitrogens with zero attached hydrogens (tertiary/aromatic N) is 1. The van der Waals surface area contributed by atoms with Gasteiger partial charge in [-0.3, -0.25) is 4.90 Å². The van der Waals surface area contributed by atoms with Crippen molar-refractivity contribution in [2.24, 2.45) is 11.7 Å². The van der Waals surface area contributed by atoms with Crippen molar-refractivity contribution in [3.63, 3.8) is 0 Å². The Kier molecular flexibility index (Phi) is 5.76.